The van der Waals surface area contributed by atoms with Crippen LogP contribution in [0.4, 0.5) is 0 Å². The van der Waals surface area contributed by atoms with E-state index in [2.05, 4.69) is 36.1 Å². The highest BCUT2D eigenvalue weighted by Crippen LogP contribution is 2.21. The van der Waals surface area contributed by atoms with E-state index < -0.39 is 0 Å². The van der Waals surface area contributed by atoms with Gasteiger partial charge in [-0.2, -0.15) is 5.26 Å². The Morgan fingerprint density at radius 2 is 2.14 bits per heavy atom. The minimum absolute atomic E-state index is 0.0297. The molecule has 0 fully saturated rings. The van der Waals surface area contributed by atoms with Crippen LogP contribution in [-0.4, -0.2) is 30.6 Å². The van der Waals surface area contributed by atoms with Crippen LogP contribution in [0.5, 0.6) is 0 Å². The zero-order valence-electron chi connectivity index (χ0n) is 12.8. The number of nitriles is 1. The number of nitrogens with zero attached hydrogens (tertiary/aromatic N) is 2. The topological polar surface area (TPSA) is 36.3 Å². The van der Waals surface area contributed by atoms with Crippen molar-refractivity contribution in [2.24, 2.45) is 0 Å². The Labute approximate surface area is 127 Å². The van der Waals surface area contributed by atoms with E-state index in [1.165, 1.54) is 11.1 Å². The molecule has 0 bridgehead atoms. The van der Waals surface area contributed by atoms with Crippen LogP contribution >= 0.6 is 0 Å². The molecule has 1 aromatic carbocycles. The number of rotatable bonds is 7. The van der Waals surface area contributed by atoms with Crippen LogP contribution in [0.25, 0.3) is 0 Å². The van der Waals surface area contributed by atoms with Gasteiger partial charge in [0.1, 0.15) is 6.04 Å². The summed E-state index contributed by atoms with van der Waals surface area (Å²) in [4.78, 5) is 2.25. The Morgan fingerprint density at radius 3 is 2.86 bits per heavy atom. The Kier molecular flexibility index (Phi) is 6.46. The molecule has 0 saturated heterocycles. The summed E-state index contributed by atoms with van der Waals surface area (Å²) in [5.74, 6) is 0. The van der Waals surface area contributed by atoms with Gasteiger partial charge in [0.05, 0.1) is 12.7 Å². The molecule has 1 heterocycles. The van der Waals surface area contributed by atoms with Gasteiger partial charge in [-0.1, -0.05) is 43.3 Å². The van der Waals surface area contributed by atoms with Gasteiger partial charge in [-0.3, -0.25) is 4.90 Å². The first-order chi connectivity index (χ1) is 10.3. The fourth-order valence-corrected chi connectivity index (χ4v) is 2.78. The van der Waals surface area contributed by atoms with Crippen molar-refractivity contribution in [1.29, 1.82) is 5.26 Å². The average Bonchev–Trinajstić information content (AvgIpc) is 2.55. The van der Waals surface area contributed by atoms with Gasteiger partial charge >= 0.3 is 0 Å². The first kappa shape index (κ1) is 15.8. The van der Waals surface area contributed by atoms with Crippen molar-refractivity contribution in [3.63, 3.8) is 0 Å². The van der Waals surface area contributed by atoms with Crippen molar-refractivity contribution in [3.05, 3.63) is 47.5 Å². The standard InChI is InChI=1S/C18H24N2O/c1-2-20-12-6-10-17(18(20)14-19)11-7-13-21-15-16-8-4-3-5-9-16/h3-5,8-10,18H,2,6-7,11-13,15H2,1H3. The summed E-state index contributed by atoms with van der Waals surface area (Å²) >= 11 is 0. The molecule has 3 heteroatoms. The van der Waals surface area contributed by atoms with Crippen LogP contribution in [0, 0.1) is 11.3 Å². The lowest BCUT2D eigenvalue weighted by Gasteiger charge is -2.31. The molecular weight excluding hydrogens is 260 g/mol. The van der Waals surface area contributed by atoms with Crippen molar-refractivity contribution in [2.75, 3.05) is 19.7 Å². The molecule has 0 spiro atoms. The number of benzene rings is 1. The molecule has 0 amide bonds. The van der Waals surface area contributed by atoms with Crippen molar-refractivity contribution in [2.45, 2.75) is 38.8 Å². The van der Waals surface area contributed by atoms with Crippen molar-refractivity contribution in [1.82, 2.24) is 4.90 Å². The lowest BCUT2D eigenvalue weighted by molar-refractivity contribution is 0.117. The van der Waals surface area contributed by atoms with Crippen molar-refractivity contribution >= 4 is 0 Å². The normalized spacial score (nSPS) is 19.0. The van der Waals surface area contributed by atoms with E-state index in [1.807, 2.05) is 18.2 Å². The smallest absolute Gasteiger partial charge is 0.119 e. The minimum Gasteiger partial charge on any atom is -0.377 e. The van der Waals surface area contributed by atoms with Gasteiger partial charge in [-0.25, -0.2) is 0 Å². The number of hydrogen-bond donors (Lipinski definition) is 0. The molecule has 112 valence electrons. The first-order valence-electron chi connectivity index (χ1n) is 7.79. The van der Waals surface area contributed by atoms with Gasteiger partial charge in [-0.15, -0.1) is 0 Å². The quantitative estimate of drug-likeness (QED) is 0.567. The van der Waals surface area contributed by atoms with Crippen molar-refractivity contribution in [3.8, 4) is 6.07 Å². The van der Waals surface area contributed by atoms with Gasteiger partial charge in [0.2, 0.25) is 0 Å². The summed E-state index contributed by atoms with van der Waals surface area (Å²) in [5.41, 5.74) is 2.48. The van der Waals surface area contributed by atoms with Crippen molar-refractivity contribution < 1.29 is 4.74 Å². The van der Waals surface area contributed by atoms with E-state index in [0.29, 0.717) is 6.61 Å². The maximum Gasteiger partial charge on any atom is 0.119 e. The van der Waals surface area contributed by atoms with Gasteiger partial charge in [0.15, 0.2) is 0 Å². The Hall–Kier alpha value is -1.63. The van der Waals surface area contributed by atoms with E-state index in [-0.39, 0.29) is 6.04 Å². The highest BCUT2D eigenvalue weighted by Gasteiger charge is 2.23. The van der Waals surface area contributed by atoms with Crippen LogP contribution < -0.4 is 0 Å². The molecule has 0 N–H and O–H groups in total. The molecule has 3 nitrogen and oxygen atoms in total. The van der Waals surface area contributed by atoms with E-state index in [9.17, 15) is 5.26 Å². The average molecular weight is 284 g/mol. The van der Waals surface area contributed by atoms with Crippen LogP contribution in [-0.2, 0) is 11.3 Å². The third-order valence-corrected chi connectivity index (χ3v) is 3.93. The molecule has 21 heavy (non-hydrogen) atoms. The molecule has 0 aliphatic carbocycles. The molecule has 0 aromatic heterocycles. The summed E-state index contributed by atoms with van der Waals surface area (Å²) in [6, 6.07) is 12.6. The summed E-state index contributed by atoms with van der Waals surface area (Å²) in [7, 11) is 0. The lowest BCUT2D eigenvalue weighted by atomic mass is 9.96. The summed E-state index contributed by atoms with van der Waals surface area (Å²) in [6.07, 6.45) is 5.25. The SMILES string of the molecule is CCN1CCC=C(CCCOCc2ccccc2)C1C#N. The van der Waals surface area contributed by atoms with Gasteiger partial charge in [0, 0.05) is 13.2 Å². The van der Waals surface area contributed by atoms with E-state index in [4.69, 9.17) is 4.74 Å². The molecule has 0 saturated carbocycles. The second kappa shape index (κ2) is 8.61. The summed E-state index contributed by atoms with van der Waals surface area (Å²) in [6.45, 7) is 5.48. The number of ether oxygens (including phenoxy) is 1. The molecule has 1 aliphatic rings. The van der Waals surface area contributed by atoms with E-state index in [0.717, 1.165) is 39.0 Å². The Balaban J connectivity index is 1.71. The second-order valence-electron chi connectivity index (χ2n) is 5.37. The van der Waals surface area contributed by atoms with Crippen LogP contribution in [0.1, 0.15) is 31.7 Å². The Morgan fingerprint density at radius 1 is 1.33 bits per heavy atom. The maximum absolute atomic E-state index is 9.35. The number of likely N-dealkylation sites (N-methyl/N-ethyl adjacent to an activating group) is 1. The highest BCUT2D eigenvalue weighted by atomic mass is 16.5. The maximum atomic E-state index is 9.35. The third kappa shape index (κ3) is 4.70. The summed E-state index contributed by atoms with van der Waals surface area (Å²) < 4.78 is 5.71. The predicted molar refractivity (Wildman–Crippen MR) is 84.7 cm³/mol. The monoisotopic (exact) mass is 284 g/mol. The van der Waals surface area contributed by atoms with Gasteiger partial charge in [-0.05, 0) is 36.9 Å². The third-order valence-electron chi connectivity index (χ3n) is 3.93. The zero-order chi connectivity index (χ0) is 14.9. The largest absolute Gasteiger partial charge is 0.377 e. The first-order valence-corrected chi connectivity index (χ1v) is 7.79. The minimum atomic E-state index is -0.0297. The lowest BCUT2D eigenvalue weighted by Crippen LogP contribution is -2.38. The van der Waals surface area contributed by atoms with Gasteiger partial charge in [0.25, 0.3) is 0 Å². The fourth-order valence-electron chi connectivity index (χ4n) is 2.78. The molecule has 1 aromatic rings. The zero-order valence-corrected chi connectivity index (χ0v) is 12.8. The molecule has 0 radical (unpaired) electrons. The Bertz CT molecular complexity index is 490. The van der Waals surface area contributed by atoms with Crippen LogP contribution in [0.15, 0.2) is 42.0 Å². The van der Waals surface area contributed by atoms with E-state index in [1.54, 1.807) is 0 Å². The van der Waals surface area contributed by atoms with Crippen LogP contribution in [0.3, 0.4) is 0 Å². The molecular formula is C18H24N2O. The molecule has 1 unspecified atom stereocenters. The molecule has 2 rings (SSSR count). The molecule has 1 atom stereocenters. The summed E-state index contributed by atoms with van der Waals surface area (Å²) in [5, 5.41) is 9.35. The second-order valence-corrected chi connectivity index (χ2v) is 5.37. The highest BCUT2D eigenvalue weighted by molar-refractivity contribution is 5.22. The molecule has 1 aliphatic heterocycles. The predicted octanol–water partition coefficient (Wildman–Crippen LogP) is 3.53. The van der Waals surface area contributed by atoms with Gasteiger partial charge < -0.3 is 4.74 Å². The fraction of sp³-hybridized carbons (Fsp3) is 0.500. The van der Waals surface area contributed by atoms with E-state index >= 15 is 0 Å². The van der Waals surface area contributed by atoms with Crippen LogP contribution in [0.2, 0.25) is 0 Å². The number of hydrogen-bond acceptors (Lipinski definition) is 3.